The normalized spacial score (nSPS) is 24.3. The van der Waals surface area contributed by atoms with E-state index in [1.807, 2.05) is 37.3 Å². The second-order valence-corrected chi connectivity index (χ2v) is 8.60. The quantitative estimate of drug-likeness (QED) is 0.531. The van der Waals surface area contributed by atoms with E-state index in [2.05, 4.69) is 15.9 Å². The molecule has 0 amide bonds. The van der Waals surface area contributed by atoms with Gasteiger partial charge in [0.1, 0.15) is 17.4 Å². The third-order valence-corrected chi connectivity index (χ3v) is 6.97. The first-order valence-electron chi connectivity index (χ1n) is 9.31. The lowest BCUT2D eigenvalue weighted by Crippen LogP contribution is -2.35. The number of Topliss-reactive ketones (excluding diaryl/α,β-unsaturated/α-hetero) is 2. The van der Waals surface area contributed by atoms with Crippen LogP contribution in [0, 0.1) is 11.8 Å². The van der Waals surface area contributed by atoms with Crippen molar-refractivity contribution in [2.24, 2.45) is 11.8 Å². The van der Waals surface area contributed by atoms with E-state index >= 15 is 0 Å². The Morgan fingerprint density at radius 2 is 1.67 bits per heavy atom. The lowest BCUT2D eigenvalue weighted by Gasteiger charge is -2.27. The fraction of sp³-hybridized carbons (Fsp3) is 0.364. The Balaban J connectivity index is 1.70. The fourth-order valence-corrected chi connectivity index (χ4v) is 4.74. The third kappa shape index (κ3) is 3.45. The summed E-state index contributed by atoms with van der Waals surface area (Å²) in [6.07, 6.45) is 3.21. The van der Waals surface area contributed by atoms with Crippen molar-refractivity contribution in [2.75, 3.05) is 0 Å². The predicted molar refractivity (Wildman–Crippen MR) is 109 cm³/mol. The highest BCUT2D eigenvalue weighted by atomic mass is 79.9. The second kappa shape index (κ2) is 7.40. The maximum atomic E-state index is 12.9. The number of fused-ring (bicyclic) bond motifs is 2. The summed E-state index contributed by atoms with van der Waals surface area (Å²) in [5.41, 5.74) is 1.84. The Labute approximate surface area is 172 Å². The number of ether oxygens (including phenoxy) is 1. The number of halogens is 2. The molecule has 0 radical (unpaired) electrons. The standard InChI is InChI=1S/C22H20BrClO3/c1-2-12-5-6-15(27-16-7-8-18(23)19(24)11-16)10-17(12)20-21(25)13-3-4-14(9-13)22(20)26/h5-8,10-11,13-14,20H,2-4,9H2,1H3. The molecule has 2 aliphatic carbocycles. The van der Waals surface area contributed by atoms with Gasteiger partial charge in [0.25, 0.3) is 0 Å². The summed E-state index contributed by atoms with van der Waals surface area (Å²) in [5.74, 6) is 0.844. The van der Waals surface area contributed by atoms with Crippen LogP contribution in [0.25, 0.3) is 0 Å². The summed E-state index contributed by atoms with van der Waals surface area (Å²) in [4.78, 5) is 25.9. The molecule has 0 spiro atoms. The minimum atomic E-state index is -0.636. The van der Waals surface area contributed by atoms with Crippen LogP contribution < -0.4 is 4.74 Å². The van der Waals surface area contributed by atoms with Gasteiger partial charge < -0.3 is 4.74 Å². The summed E-state index contributed by atoms with van der Waals surface area (Å²) < 4.78 is 6.76. The lowest BCUT2D eigenvalue weighted by atomic mass is 9.74. The van der Waals surface area contributed by atoms with Gasteiger partial charge in [-0.2, -0.15) is 0 Å². The molecule has 27 heavy (non-hydrogen) atoms. The maximum Gasteiger partial charge on any atom is 0.150 e. The predicted octanol–water partition coefficient (Wildman–Crippen LogP) is 6.11. The summed E-state index contributed by atoms with van der Waals surface area (Å²) in [6, 6.07) is 11.1. The van der Waals surface area contributed by atoms with Crippen molar-refractivity contribution in [3.05, 3.63) is 57.0 Å². The van der Waals surface area contributed by atoms with Crippen LogP contribution in [0.2, 0.25) is 5.02 Å². The Kier molecular flexibility index (Phi) is 5.13. The van der Waals surface area contributed by atoms with E-state index in [0.717, 1.165) is 41.3 Å². The zero-order valence-electron chi connectivity index (χ0n) is 15.0. The van der Waals surface area contributed by atoms with Crippen molar-refractivity contribution >= 4 is 39.1 Å². The molecule has 3 nitrogen and oxygen atoms in total. The number of aryl methyl sites for hydroxylation is 1. The maximum absolute atomic E-state index is 12.9. The molecule has 5 heteroatoms. The van der Waals surface area contributed by atoms with Crippen LogP contribution in [0.1, 0.15) is 43.2 Å². The molecule has 0 aliphatic heterocycles. The van der Waals surface area contributed by atoms with Gasteiger partial charge in [0, 0.05) is 22.4 Å². The first kappa shape index (κ1) is 18.7. The van der Waals surface area contributed by atoms with E-state index in [9.17, 15) is 9.59 Å². The van der Waals surface area contributed by atoms with Gasteiger partial charge in [-0.3, -0.25) is 9.59 Å². The smallest absolute Gasteiger partial charge is 0.150 e. The van der Waals surface area contributed by atoms with E-state index in [4.69, 9.17) is 16.3 Å². The zero-order chi connectivity index (χ0) is 19.1. The highest BCUT2D eigenvalue weighted by Crippen LogP contribution is 2.45. The van der Waals surface area contributed by atoms with Gasteiger partial charge in [-0.1, -0.05) is 24.6 Å². The van der Waals surface area contributed by atoms with E-state index in [1.54, 1.807) is 6.07 Å². The minimum absolute atomic E-state index is 0.0391. The van der Waals surface area contributed by atoms with Crippen molar-refractivity contribution < 1.29 is 14.3 Å². The molecular formula is C22H20BrClO3. The first-order valence-corrected chi connectivity index (χ1v) is 10.5. The molecule has 0 saturated heterocycles. The average Bonchev–Trinajstić information content (AvgIpc) is 3.11. The van der Waals surface area contributed by atoms with Gasteiger partial charge in [-0.05, 0) is 77.0 Å². The summed E-state index contributed by atoms with van der Waals surface area (Å²) in [6.45, 7) is 2.04. The van der Waals surface area contributed by atoms with Crippen LogP contribution in [0.4, 0.5) is 0 Å². The van der Waals surface area contributed by atoms with E-state index in [1.165, 1.54) is 0 Å². The van der Waals surface area contributed by atoms with Crippen molar-refractivity contribution in [3.63, 3.8) is 0 Å². The molecule has 2 fully saturated rings. The summed E-state index contributed by atoms with van der Waals surface area (Å²) in [5, 5.41) is 0.562. The largest absolute Gasteiger partial charge is 0.457 e. The third-order valence-electron chi connectivity index (χ3n) is 5.74. The number of carbonyl (C=O) groups is 2. The highest BCUT2D eigenvalue weighted by molar-refractivity contribution is 9.10. The zero-order valence-corrected chi connectivity index (χ0v) is 17.3. The van der Waals surface area contributed by atoms with Gasteiger partial charge in [-0.25, -0.2) is 0 Å². The van der Waals surface area contributed by atoms with Crippen LogP contribution in [0.3, 0.4) is 0 Å². The van der Waals surface area contributed by atoms with Gasteiger partial charge in [-0.15, -0.1) is 0 Å². The topological polar surface area (TPSA) is 43.4 Å². The molecule has 2 bridgehead atoms. The molecule has 2 unspecified atom stereocenters. The van der Waals surface area contributed by atoms with E-state index in [0.29, 0.717) is 16.5 Å². The van der Waals surface area contributed by atoms with E-state index < -0.39 is 5.92 Å². The molecule has 2 aliphatic rings. The molecule has 4 rings (SSSR count). The molecular weight excluding hydrogens is 428 g/mol. The van der Waals surface area contributed by atoms with Crippen molar-refractivity contribution in [1.82, 2.24) is 0 Å². The summed E-state index contributed by atoms with van der Waals surface area (Å²) >= 11 is 9.51. The van der Waals surface area contributed by atoms with Crippen LogP contribution in [0.5, 0.6) is 11.5 Å². The van der Waals surface area contributed by atoms with Gasteiger partial charge >= 0.3 is 0 Å². The van der Waals surface area contributed by atoms with Crippen LogP contribution in [-0.4, -0.2) is 11.6 Å². The Morgan fingerprint density at radius 3 is 2.30 bits per heavy atom. The van der Waals surface area contributed by atoms with Crippen LogP contribution >= 0.6 is 27.5 Å². The molecule has 2 saturated carbocycles. The molecule has 0 heterocycles. The first-order chi connectivity index (χ1) is 13.0. The number of hydrogen-bond donors (Lipinski definition) is 0. The van der Waals surface area contributed by atoms with Crippen LogP contribution in [0.15, 0.2) is 40.9 Å². The molecule has 140 valence electrons. The average molecular weight is 448 g/mol. The molecule has 2 aromatic rings. The van der Waals surface area contributed by atoms with Gasteiger partial charge in [0.15, 0.2) is 11.6 Å². The second-order valence-electron chi connectivity index (χ2n) is 7.34. The van der Waals surface area contributed by atoms with Gasteiger partial charge in [0.2, 0.25) is 0 Å². The Morgan fingerprint density at radius 1 is 1.04 bits per heavy atom. The number of ketones is 2. The highest BCUT2D eigenvalue weighted by Gasteiger charge is 2.47. The molecule has 0 N–H and O–H groups in total. The number of benzene rings is 2. The molecule has 2 atom stereocenters. The van der Waals surface area contributed by atoms with Crippen molar-refractivity contribution in [3.8, 4) is 11.5 Å². The Hall–Kier alpha value is -1.65. The van der Waals surface area contributed by atoms with Crippen molar-refractivity contribution in [2.45, 2.75) is 38.5 Å². The number of carbonyl (C=O) groups excluding carboxylic acids is 2. The Bertz CT molecular complexity index is 902. The summed E-state index contributed by atoms with van der Waals surface area (Å²) in [7, 11) is 0. The van der Waals surface area contributed by atoms with Crippen LogP contribution in [-0.2, 0) is 16.0 Å². The van der Waals surface area contributed by atoms with Crippen molar-refractivity contribution in [1.29, 1.82) is 0 Å². The number of hydrogen-bond acceptors (Lipinski definition) is 3. The van der Waals surface area contributed by atoms with Gasteiger partial charge in [0.05, 0.1) is 5.02 Å². The lowest BCUT2D eigenvalue weighted by molar-refractivity contribution is -0.135. The molecule has 2 aromatic carbocycles. The molecule has 0 aromatic heterocycles. The SMILES string of the molecule is CCc1ccc(Oc2ccc(Br)c(Cl)c2)cc1C1C(=O)C2CCC(C2)C1=O. The number of rotatable bonds is 4. The van der Waals surface area contributed by atoms with E-state index in [-0.39, 0.29) is 23.4 Å². The fourth-order valence-electron chi connectivity index (χ4n) is 4.32. The monoisotopic (exact) mass is 446 g/mol. The minimum Gasteiger partial charge on any atom is -0.457 e.